The van der Waals surface area contributed by atoms with E-state index in [1.807, 2.05) is 31.2 Å². The molecule has 6 nitrogen and oxygen atoms in total. The normalized spacial score (nSPS) is 17.9. The van der Waals surface area contributed by atoms with Gasteiger partial charge >= 0.3 is 0 Å². The summed E-state index contributed by atoms with van der Waals surface area (Å²) in [5.74, 6) is 4.70. The molecule has 5 rings (SSSR count). The summed E-state index contributed by atoms with van der Waals surface area (Å²) >= 11 is 0. The highest BCUT2D eigenvalue weighted by Crippen LogP contribution is 2.30. The van der Waals surface area contributed by atoms with Crippen LogP contribution in [-0.4, -0.2) is 39.1 Å². The van der Waals surface area contributed by atoms with Crippen molar-refractivity contribution in [3.8, 4) is 17.2 Å². The van der Waals surface area contributed by atoms with Crippen molar-refractivity contribution in [3.05, 3.63) is 101 Å². The van der Waals surface area contributed by atoms with Gasteiger partial charge < -0.3 is 28.7 Å². The van der Waals surface area contributed by atoms with Crippen LogP contribution in [0.1, 0.15) is 88.9 Å². The Labute approximate surface area is 278 Å². The summed E-state index contributed by atoms with van der Waals surface area (Å²) < 4.78 is 28.2. The third-order valence-electron chi connectivity index (χ3n) is 8.02. The zero-order valence-corrected chi connectivity index (χ0v) is 27.8. The van der Waals surface area contributed by atoms with E-state index in [4.69, 9.17) is 23.4 Å². The number of hydrogen-bond donors (Lipinski definition) is 1. The molecule has 2 aliphatic rings. The number of benzene rings is 2. The third kappa shape index (κ3) is 12.6. The van der Waals surface area contributed by atoms with Gasteiger partial charge in [0, 0.05) is 25.0 Å². The molecule has 1 aromatic heterocycles. The first kappa shape index (κ1) is 36.8. The van der Waals surface area contributed by atoms with Gasteiger partial charge in [-0.05, 0) is 86.6 Å². The number of piperidine rings is 1. The van der Waals surface area contributed by atoms with Gasteiger partial charge in [-0.3, -0.25) is 0 Å². The minimum absolute atomic E-state index is 0. The average Bonchev–Trinajstić information content (AvgIpc) is 3.82. The molecule has 0 bridgehead atoms. The molecule has 3 aromatic rings. The van der Waals surface area contributed by atoms with Crippen LogP contribution in [0.25, 0.3) is 0 Å². The Kier molecular flexibility index (Phi) is 16.4. The standard InChI is InChI=1S/C20H26O3.C19H27NO2.CH4/c1-4-8-17-10-6-11-18(15-17)22-13-7-14-23-19-12-5-9-16(2)20(19)21-3;1-2-3-9-16-12-13-17(22-16)10-5-4-7-15-8-6-11-18(20-15)19-14-21-19;/h5-6,9-12,15H,4,7-8,13-14H2,1-3H3;4-5,7,12-13,18-20H,2-3,6,8-11,14H2,1H3;1H4/b;5-4+,15-7+;. The monoisotopic (exact) mass is 631 g/mol. The Balaban J connectivity index is 0.000000245. The lowest BCUT2D eigenvalue weighted by Crippen LogP contribution is -2.36. The fourth-order valence-electron chi connectivity index (χ4n) is 5.49. The highest BCUT2D eigenvalue weighted by molar-refractivity contribution is 5.45. The van der Waals surface area contributed by atoms with Crippen LogP contribution >= 0.6 is 0 Å². The summed E-state index contributed by atoms with van der Waals surface area (Å²) in [5.41, 5.74) is 3.74. The summed E-state index contributed by atoms with van der Waals surface area (Å²) in [6.45, 7) is 8.58. The maximum absolute atomic E-state index is 5.83. The van der Waals surface area contributed by atoms with Gasteiger partial charge in [-0.15, -0.1) is 0 Å². The fourth-order valence-corrected chi connectivity index (χ4v) is 5.49. The Hall–Kier alpha value is -3.64. The molecule has 0 aliphatic carbocycles. The quantitative estimate of drug-likeness (QED) is 0.125. The topological polar surface area (TPSA) is 65.4 Å². The lowest BCUT2D eigenvalue weighted by molar-refractivity contribution is 0.240. The second kappa shape index (κ2) is 20.5. The SMILES string of the molecule is C.CCCCc1ccc(C/C=C/C=C2\CCCC(C3CO3)N2)o1.CCCc1cccc(OCCCOc2cccc(C)c2OC)c1. The number of aryl methyl sites for hydroxylation is 3. The van der Waals surface area contributed by atoms with E-state index >= 15 is 0 Å². The largest absolute Gasteiger partial charge is 0.493 e. The minimum Gasteiger partial charge on any atom is -0.493 e. The highest BCUT2D eigenvalue weighted by Gasteiger charge is 2.34. The Morgan fingerprint density at radius 2 is 1.74 bits per heavy atom. The van der Waals surface area contributed by atoms with E-state index in [9.17, 15) is 0 Å². The molecule has 0 spiro atoms. The van der Waals surface area contributed by atoms with Gasteiger partial charge in [0.25, 0.3) is 0 Å². The maximum Gasteiger partial charge on any atom is 0.163 e. The molecule has 1 N–H and O–H groups in total. The van der Waals surface area contributed by atoms with Crippen molar-refractivity contribution in [2.24, 2.45) is 0 Å². The molecule has 46 heavy (non-hydrogen) atoms. The number of nitrogens with one attached hydrogen (secondary N) is 1. The minimum atomic E-state index is 0. The van der Waals surface area contributed by atoms with Crippen LogP contribution in [-0.2, 0) is 24.0 Å². The third-order valence-corrected chi connectivity index (χ3v) is 8.02. The molecule has 6 heteroatoms. The van der Waals surface area contributed by atoms with E-state index < -0.39 is 0 Å². The van der Waals surface area contributed by atoms with Gasteiger partial charge in [0.1, 0.15) is 23.4 Å². The van der Waals surface area contributed by atoms with Gasteiger partial charge in [0.2, 0.25) is 0 Å². The van der Waals surface area contributed by atoms with Crippen LogP contribution in [0.15, 0.2) is 82.9 Å². The van der Waals surface area contributed by atoms with Gasteiger partial charge in [0.05, 0.1) is 33.0 Å². The molecule has 3 heterocycles. The maximum atomic E-state index is 5.83. The smallest absolute Gasteiger partial charge is 0.163 e. The lowest BCUT2D eigenvalue weighted by Gasteiger charge is -2.25. The average molecular weight is 632 g/mol. The van der Waals surface area contributed by atoms with E-state index in [0.29, 0.717) is 25.4 Å². The molecule has 0 amide bonds. The Bertz CT molecular complexity index is 1340. The van der Waals surface area contributed by atoms with Gasteiger partial charge in [0.15, 0.2) is 11.5 Å². The van der Waals surface area contributed by atoms with E-state index in [0.717, 1.165) is 79.5 Å². The molecular formula is C40H57NO5. The second-order valence-corrected chi connectivity index (χ2v) is 11.9. The number of unbranched alkanes of at least 4 members (excludes halogenated alkanes) is 1. The number of hydrogen-bond acceptors (Lipinski definition) is 6. The molecule has 2 atom stereocenters. The molecule has 252 valence electrons. The molecule has 0 saturated carbocycles. The van der Waals surface area contributed by atoms with Crippen LogP contribution in [0.5, 0.6) is 17.2 Å². The molecule has 2 fully saturated rings. The number of para-hydroxylation sites is 1. The van der Waals surface area contributed by atoms with Crippen LogP contribution in [0.3, 0.4) is 0 Å². The predicted molar refractivity (Wildman–Crippen MR) is 189 cm³/mol. The molecule has 2 unspecified atom stereocenters. The van der Waals surface area contributed by atoms with Crippen molar-refractivity contribution in [2.75, 3.05) is 26.9 Å². The van der Waals surface area contributed by atoms with E-state index in [1.165, 1.54) is 36.9 Å². The number of allylic oxidation sites excluding steroid dienone is 4. The number of ether oxygens (including phenoxy) is 4. The predicted octanol–water partition coefficient (Wildman–Crippen LogP) is 9.59. The van der Waals surface area contributed by atoms with Crippen molar-refractivity contribution >= 4 is 0 Å². The number of furan rings is 1. The first-order valence-electron chi connectivity index (χ1n) is 16.9. The van der Waals surface area contributed by atoms with Gasteiger partial charge in [-0.1, -0.05) is 70.5 Å². The molecule has 2 aromatic carbocycles. The number of rotatable bonds is 16. The second-order valence-electron chi connectivity index (χ2n) is 11.9. The molecular weight excluding hydrogens is 574 g/mol. The van der Waals surface area contributed by atoms with E-state index in [1.54, 1.807) is 7.11 Å². The zero-order chi connectivity index (χ0) is 31.7. The van der Waals surface area contributed by atoms with E-state index in [2.05, 4.69) is 67.7 Å². The molecule has 2 saturated heterocycles. The summed E-state index contributed by atoms with van der Waals surface area (Å²) in [4.78, 5) is 0. The fraction of sp³-hybridized carbons (Fsp3) is 0.500. The van der Waals surface area contributed by atoms with Gasteiger partial charge in [-0.25, -0.2) is 0 Å². The van der Waals surface area contributed by atoms with Gasteiger partial charge in [-0.2, -0.15) is 0 Å². The summed E-state index contributed by atoms with van der Waals surface area (Å²) in [5, 5.41) is 3.60. The van der Waals surface area contributed by atoms with Crippen molar-refractivity contribution < 1.29 is 23.4 Å². The number of epoxide rings is 1. The molecule has 2 aliphatic heterocycles. The van der Waals surface area contributed by atoms with Crippen LogP contribution in [0, 0.1) is 6.92 Å². The number of methoxy groups -OCH3 is 1. The van der Waals surface area contributed by atoms with Crippen LogP contribution in [0.2, 0.25) is 0 Å². The van der Waals surface area contributed by atoms with Crippen molar-refractivity contribution in [1.29, 1.82) is 0 Å². The van der Waals surface area contributed by atoms with Crippen LogP contribution in [0.4, 0.5) is 0 Å². The first-order valence-corrected chi connectivity index (χ1v) is 16.9. The summed E-state index contributed by atoms with van der Waals surface area (Å²) in [7, 11) is 1.67. The lowest BCUT2D eigenvalue weighted by atomic mass is 10.00. The summed E-state index contributed by atoms with van der Waals surface area (Å²) in [6.07, 6.45) is 18.0. The summed E-state index contributed by atoms with van der Waals surface area (Å²) in [6, 6.07) is 19.0. The Morgan fingerprint density at radius 1 is 0.935 bits per heavy atom. The molecule has 0 radical (unpaired) electrons. The van der Waals surface area contributed by atoms with E-state index in [-0.39, 0.29) is 7.43 Å². The zero-order valence-electron chi connectivity index (χ0n) is 27.8. The first-order chi connectivity index (χ1) is 22.1. The van der Waals surface area contributed by atoms with Crippen LogP contribution < -0.4 is 19.5 Å². The Morgan fingerprint density at radius 3 is 2.52 bits per heavy atom. The van der Waals surface area contributed by atoms with Crippen molar-refractivity contribution in [2.45, 2.75) is 105 Å². The van der Waals surface area contributed by atoms with Crippen molar-refractivity contribution in [3.63, 3.8) is 0 Å². The highest BCUT2D eigenvalue weighted by atomic mass is 16.6. The van der Waals surface area contributed by atoms with Crippen molar-refractivity contribution in [1.82, 2.24) is 5.32 Å².